The standard InChI is InChI=1S/C21H22N6O2/c1-25-9-11-26(12-10-25)18-8-7-17-20(23-18)19-16(13-22-17)21(28)27(24-19)14-3-5-15(29-2)6-4-14/h3-8,13,22H,9-12H2,1-2H3. The molecule has 0 atom stereocenters. The maximum Gasteiger partial charge on any atom is 0.282 e. The molecule has 4 heterocycles. The fourth-order valence-electron chi connectivity index (χ4n) is 3.73. The number of piperazine rings is 1. The third kappa shape index (κ3) is 3.01. The van der Waals surface area contributed by atoms with Gasteiger partial charge in [0, 0.05) is 32.4 Å². The van der Waals surface area contributed by atoms with Crippen molar-refractivity contribution in [3.05, 3.63) is 52.9 Å². The average molecular weight is 390 g/mol. The number of rotatable bonds is 3. The number of likely N-dealkylation sites (N-methyl/N-ethyl adjacent to an activating group) is 1. The summed E-state index contributed by atoms with van der Waals surface area (Å²) in [5, 5.41) is 4.62. The first-order chi connectivity index (χ1) is 14.1. The van der Waals surface area contributed by atoms with Gasteiger partial charge >= 0.3 is 0 Å². The fraction of sp³-hybridized carbons (Fsp3) is 0.286. The monoisotopic (exact) mass is 390 g/mol. The van der Waals surface area contributed by atoms with Crippen molar-refractivity contribution in [2.75, 3.05) is 45.2 Å². The predicted octanol–water partition coefficient (Wildman–Crippen LogP) is 1.97. The van der Waals surface area contributed by atoms with Gasteiger partial charge in [0.05, 0.1) is 23.9 Å². The quantitative estimate of drug-likeness (QED) is 0.576. The van der Waals surface area contributed by atoms with E-state index in [-0.39, 0.29) is 5.56 Å². The number of fused-ring (bicyclic) bond motifs is 3. The summed E-state index contributed by atoms with van der Waals surface area (Å²) in [6.07, 6.45) is 1.71. The van der Waals surface area contributed by atoms with Crippen LogP contribution in [0.5, 0.6) is 5.75 Å². The van der Waals surface area contributed by atoms with E-state index in [9.17, 15) is 4.79 Å². The largest absolute Gasteiger partial charge is 0.497 e. The second kappa shape index (κ2) is 6.89. The number of anilines is 1. The molecule has 0 saturated carbocycles. The highest BCUT2D eigenvalue weighted by atomic mass is 16.5. The molecule has 3 aliphatic rings. The zero-order valence-electron chi connectivity index (χ0n) is 16.4. The van der Waals surface area contributed by atoms with Crippen molar-refractivity contribution < 1.29 is 4.74 Å². The van der Waals surface area contributed by atoms with Crippen LogP contribution >= 0.6 is 0 Å². The minimum absolute atomic E-state index is 0.171. The topological polar surface area (TPSA) is 79.3 Å². The zero-order chi connectivity index (χ0) is 20.0. The van der Waals surface area contributed by atoms with E-state index in [1.54, 1.807) is 13.3 Å². The molecular formula is C21H22N6O2. The predicted molar refractivity (Wildman–Crippen MR) is 112 cm³/mol. The van der Waals surface area contributed by atoms with Gasteiger partial charge in [-0.3, -0.25) is 4.79 Å². The highest BCUT2D eigenvalue weighted by Gasteiger charge is 2.22. The lowest BCUT2D eigenvalue weighted by Crippen LogP contribution is -2.44. The Balaban J connectivity index is 1.61. The number of pyridine rings is 2. The molecular weight excluding hydrogens is 368 g/mol. The van der Waals surface area contributed by atoms with Crippen LogP contribution in [-0.2, 0) is 0 Å². The second-order valence-electron chi connectivity index (χ2n) is 7.32. The third-order valence-corrected chi connectivity index (χ3v) is 5.50. The Morgan fingerprint density at radius 1 is 1.03 bits per heavy atom. The lowest BCUT2D eigenvalue weighted by Gasteiger charge is -2.33. The van der Waals surface area contributed by atoms with Gasteiger partial charge < -0.3 is 19.5 Å². The summed E-state index contributed by atoms with van der Waals surface area (Å²) in [6, 6.07) is 11.3. The molecule has 1 aromatic heterocycles. The first-order valence-corrected chi connectivity index (χ1v) is 9.63. The van der Waals surface area contributed by atoms with Crippen molar-refractivity contribution in [1.82, 2.24) is 24.6 Å². The van der Waals surface area contributed by atoms with Crippen LogP contribution in [0, 0.1) is 0 Å². The number of nitrogens with zero attached hydrogens (tertiary/aromatic N) is 5. The minimum atomic E-state index is -0.171. The van der Waals surface area contributed by atoms with Crippen LogP contribution in [0.1, 0.15) is 0 Å². The van der Waals surface area contributed by atoms with Gasteiger partial charge in [0.15, 0.2) is 0 Å². The summed E-state index contributed by atoms with van der Waals surface area (Å²) in [5.74, 6) is 1.65. The van der Waals surface area contributed by atoms with Gasteiger partial charge in [-0.25, -0.2) is 4.98 Å². The number of H-pyrrole nitrogens is 1. The fourth-order valence-corrected chi connectivity index (χ4v) is 3.73. The third-order valence-electron chi connectivity index (χ3n) is 5.50. The molecule has 0 unspecified atom stereocenters. The molecule has 1 fully saturated rings. The van der Waals surface area contributed by atoms with Crippen molar-refractivity contribution in [2.24, 2.45) is 0 Å². The van der Waals surface area contributed by atoms with Gasteiger partial charge in [-0.1, -0.05) is 0 Å². The van der Waals surface area contributed by atoms with E-state index in [2.05, 4.69) is 26.9 Å². The van der Waals surface area contributed by atoms with E-state index >= 15 is 0 Å². The van der Waals surface area contributed by atoms with Gasteiger partial charge in [0.2, 0.25) is 0 Å². The maximum absolute atomic E-state index is 13.0. The van der Waals surface area contributed by atoms with E-state index in [1.165, 1.54) is 4.68 Å². The summed E-state index contributed by atoms with van der Waals surface area (Å²) in [4.78, 5) is 25.6. The molecule has 3 aliphatic heterocycles. The number of ether oxygens (including phenoxy) is 1. The molecule has 1 saturated heterocycles. The lowest BCUT2D eigenvalue weighted by molar-refractivity contribution is 0.312. The molecule has 1 aromatic carbocycles. The van der Waals surface area contributed by atoms with Crippen molar-refractivity contribution in [2.45, 2.75) is 0 Å². The maximum atomic E-state index is 13.0. The molecule has 0 amide bonds. The molecule has 5 rings (SSSR count). The van der Waals surface area contributed by atoms with Crippen molar-refractivity contribution >= 4 is 16.9 Å². The number of aromatic nitrogens is 4. The van der Waals surface area contributed by atoms with Gasteiger partial charge in [0.1, 0.15) is 22.8 Å². The van der Waals surface area contributed by atoms with Crippen LogP contribution in [0.25, 0.3) is 28.0 Å². The lowest BCUT2D eigenvalue weighted by atomic mass is 10.2. The highest BCUT2D eigenvalue weighted by molar-refractivity contribution is 5.91. The van der Waals surface area contributed by atoms with Gasteiger partial charge in [-0.15, -0.1) is 0 Å². The van der Waals surface area contributed by atoms with Crippen LogP contribution in [-0.4, -0.2) is 65.0 Å². The van der Waals surface area contributed by atoms with Crippen LogP contribution in [0.4, 0.5) is 5.82 Å². The molecule has 29 heavy (non-hydrogen) atoms. The van der Waals surface area contributed by atoms with Crippen molar-refractivity contribution in [1.29, 1.82) is 0 Å². The number of nitrogens with one attached hydrogen (secondary N) is 1. The first kappa shape index (κ1) is 17.7. The summed E-state index contributed by atoms with van der Waals surface area (Å²) in [5.41, 5.74) is 3.22. The Kier molecular flexibility index (Phi) is 4.21. The molecule has 0 aliphatic carbocycles. The van der Waals surface area contributed by atoms with E-state index in [0.717, 1.165) is 43.3 Å². The molecule has 8 heteroatoms. The number of methoxy groups -OCH3 is 1. The van der Waals surface area contributed by atoms with Crippen molar-refractivity contribution in [3.63, 3.8) is 0 Å². The van der Waals surface area contributed by atoms with E-state index in [0.29, 0.717) is 22.5 Å². The minimum Gasteiger partial charge on any atom is -0.497 e. The Bertz CT molecular complexity index is 1190. The Morgan fingerprint density at radius 3 is 2.52 bits per heavy atom. The Hall–Kier alpha value is -3.39. The molecule has 0 bridgehead atoms. The van der Waals surface area contributed by atoms with Crippen LogP contribution in [0.3, 0.4) is 0 Å². The molecule has 148 valence electrons. The Morgan fingerprint density at radius 2 is 1.79 bits per heavy atom. The highest BCUT2D eigenvalue weighted by Crippen LogP contribution is 2.27. The molecule has 0 radical (unpaired) electrons. The van der Waals surface area contributed by atoms with Crippen LogP contribution in [0.2, 0.25) is 0 Å². The smallest absolute Gasteiger partial charge is 0.282 e. The molecule has 8 nitrogen and oxygen atoms in total. The summed E-state index contributed by atoms with van der Waals surface area (Å²) >= 11 is 0. The number of hydrogen-bond acceptors (Lipinski definition) is 6. The van der Waals surface area contributed by atoms with Crippen LogP contribution < -0.4 is 15.2 Å². The summed E-state index contributed by atoms with van der Waals surface area (Å²) < 4.78 is 6.62. The SMILES string of the molecule is COc1ccc(-n2nc3c4nc(N5CCN(C)CC5)ccc4[nH]cc-3c2=O)cc1. The molecule has 1 N–H and O–H groups in total. The second-order valence-corrected chi connectivity index (χ2v) is 7.32. The Labute approximate surface area is 167 Å². The normalized spacial score (nSPS) is 15.3. The summed E-state index contributed by atoms with van der Waals surface area (Å²) in [7, 11) is 3.74. The molecule has 0 spiro atoms. The number of benzene rings is 1. The van der Waals surface area contributed by atoms with E-state index in [1.807, 2.05) is 36.4 Å². The number of aromatic amines is 1. The van der Waals surface area contributed by atoms with E-state index < -0.39 is 0 Å². The van der Waals surface area contributed by atoms with Gasteiger partial charge in [-0.05, 0) is 43.4 Å². The van der Waals surface area contributed by atoms with Crippen molar-refractivity contribution in [3.8, 4) is 22.7 Å². The van der Waals surface area contributed by atoms with Gasteiger partial charge in [-0.2, -0.15) is 9.78 Å². The number of hydrogen-bond donors (Lipinski definition) is 1. The summed E-state index contributed by atoms with van der Waals surface area (Å²) in [6.45, 7) is 3.88. The van der Waals surface area contributed by atoms with E-state index in [4.69, 9.17) is 9.72 Å². The van der Waals surface area contributed by atoms with Gasteiger partial charge in [0.25, 0.3) is 5.56 Å². The average Bonchev–Trinajstić information content (AvgIpc) is 3.11. The first-order valence-electron chi connectivity index (χ1n) is 9.63. The molecule has 2 aromatic rings. The zero-order valence-corrected chi connectivity index (χ0v) is 16.4. The van der Waals surface area contributed by atoms with Crippen LogP contribution in [0.15, 0.2) is 47.4 Å².